The van der Waals surface area contributed by atoms with Crippen LogP contribution in [0.1, 0.15) is 142 Å². The van der Waals surface area contributed by atoms with E-state index in [-0.39, 0.29) is 26.1 Å². The van der Waals surface area contributed by atoms with Crippen molar-refractivity contribution in [2.45, 2.75) is 179 Å². The minimum Gasteiger partial charge on any atom is -0.462 e. The van der Waals surface area contributed by atoms with Crippen molar-refractivity contribution in [1.29, 1.82) is 0 Å². The van der Waals surface area contributed by atoms with Crippen molar-refractivity contribution in [1.82, 2.24) is 0 Å². The second kappa shape index (κ2) is 33.9. The summed E-state index contributed by atoms with van der Waals surface area (Å²) in [5.74, 6) is -0.880. The molecule has 53 heavy (non-hydrogen) atoms. The van der Waals surface area contributed by atoms with Crippen LogP contribution in [-0.4, -0.2) is 89.0 Å². The number of esters is 2. The van der Waals surface area contributed by atoms with E-state index >= 15 is 0 Å². The lowest BCUT2D eigenvalue weighted by atomic mass is 9.99. The topological polar surface area (TPSA) is 152 Å². The summed E-state index contributed by atoms with van der Waals surface area (Å²) in [7, 11) is 0. The first-order valence-electron chi connectivity index (χ1n) is 20.4. The van der Waals surface area contributed by atoms with Crippen LogP contribution in [0, 0.1) is 0 Å². The van der Waals surface area contributed by atoms with Crippen molar-refractivity contribution in [3.05, 3.63) is 60.8 Å². The summed E-state index contributed by atoms with van der Waals surface area (Å²) in [6, 6.07) is 0. The molecule has 10 heteroatoms. The molecule has 10 nitrogen and oxygen atoms in total. The van der Waals surface area contributed by atoms with Gasteiger partial charge < -0.3 is 39.4 Å². The van der Waals surface area contributed by atoms with Crippen molar-refractivity contribution < 1.29 is 49.0 Å². The number of ether oxygens (including phenoxy) is 4. The Labute approximate surface area is 320 Å². The van der Waals surface area contributed by atoms with E-state index in [4.69, 9.17) is 18.9 Å². The Morgan fingerprint density at radius 1 is 0.604 bits per heavy atom. The van der Waals surface area contributed by atoms with Crippen LogP contribution in [0.4, 0.5) is 0 Å². The van der Waals surface area contributed by atoms with Gasteiger partial charge in [0.05, 0.1) is 13.2 Å². The van der Waals surface area contributed by atoms with Gasteiger partial charge in [0.15, 0.2) is 12.4 Å². The van der Waals surface area contributed by atoms with E-state index in [2.05, 4.69) is 68.5 Å². The van der Waals surface area contributed by atoms with Crippen LogP contribution in [0.25, 0.3) is 0 Å². The highest BCUT2D eigenvalue weighted by atomic mass is 16.7. The summed E-state index contributed by atoms with van der Waals surface area (Å²) >= 11 is 0. The molecule has 1 heterocycles. The zero-order valence-corrected chi connectivity index (χ0v) is 32.7. The summed E-state index contributed by atoms with van der Waals surface area (Å²) in [5, 5.41) is 39.9. The first kappa shape index (κ1) is 48.4. The summed E-state index contributed by atoms with van der Waals surface area (Å²) < 4.78 is 22.0. The largest absolute Gasteiger partial charge is 0.462 e. The molecule has 304 valence electrons. The van der Waals surface area contributed by atoms with Crippen molar-refractivity contribution >= 4 is 11.9 Å². The van der Waals surface area contributed by atoms with E-state index in [1.165, 1.54) is 44.9 Å². The molecule has 0 saturated carbocycles. The molecule has 0 aromatic heterocycles. The maximum absolute atomic E-state index is 12.7. The first-order chi connectivity index (χ1) is 25.8. The third kappa shape index (κ3) is 25.9. The number of hydrogen-bond acceptors (Lipinski definition) is 10. The second-order valence-electron chi connectivity index (χ2n) is 13.7. The van der Waals surface area contributed by atoms with E-state index in [1.54, 1.807) is 0 Å². The Kier molecular flexibility index (Phi) is 31.0. The molecule has 0 bridgehead atoms. The van der Waals surface area contributed by atoms with Gasteiger partial charge in [-0.25, -0.2) is 0 Å². The molecule has 0 aromatic rings. The Bertz CT molecular complexity index is 1050. The fourth-order valence-electron chi connectivity index (χ4n) is 5.69. The predicted octanol–water partition coefficient (Wildman–Crippen LogP) is 7.88. The third-order valence-electron chi connectivity index (χ3n) is 8.92. The van der Waals surface area contributed by atoms with Gasteiger partial charge in [0, 0.05) is 12.8 Å². The van der Waals surface area contributed by atoms with E-state index < -0.39 is 55.4 Å². The van der Waals surface area contributed by atoms with E-state index in [0.29, 0.717) is 12.8 Å². The number of hydrogen-bond donors (Lipinski definition) is 4. The number of rotatable bonds is 32. The molecule has 4 N–H and O–H groups in total. The zero-order chi connectivity index (χ0) is 38.8. The third-order valence-corrected chi connectivity index (χ3v) is 8.92. The lowest BCUT2D eigenvalue weighted by Crippen LogP contribution is -2.59. The molecule has 1 saturated heterocycles. The number of allylic oxidation sites excluding steroid dienone is 10. The Balaban J connectivity index is 2.42. The van der Waals surface area contributed by atoms with Crippen molar-refractivity contribution in [3.8, 4) is 0 Å². The summed E-state index contributed by atoms with van der Waals surface area (Å²) in [4.78, 5) is 25.2. The molecule has 1 rings (SSSR count). The molecule has 0 spiro atoms. The minimum atomic E-state index is -1.60. The van der Waals surface area contributed by atoms with Gasteiger partial charge in [-0.05, 0) is 51.4 Å². The van der Waals surface area contributed by atoms with Gasteiger partial charge in [0.2, 0.25) is 0 Å². The lowest BCUT2D eigenvalue weighted by molar-refractivity contribution is -0.305. The molecule has 1 aliphatic rings. The average Bonchev–Trinajstić information content (AvgIpc) is 3.15. The van der Waals surface area contributed by atoms with Crippen LogP contribution in [0.3, 0.4) is 0 Å². The highest BCUT2D eigenvalue weighted by Gasteiger charge is 2.44. The SMILES string of the molecule is CCC=CCC=CCC=CCC=CCC=CCCCC(=O)OCC(COC1OC(CO)C(O)C(O)C1O)OC(=O)CCCCCCCCCCCCC. The second-order valence-corrected chi connectivity index (χ2v) is 13.7. The molecule has 0 amide bonds. The van der Waals surface area contributed by atoms with Crippen molar-refractivity contribution in [3.63, 3.8) is 0 Å². The molecule has 1 fully saturated rings. The maximum atomic E-state index is 12.7. The van der Waals surface area contributed by atoms with Crippen LogP contribution in [0.5, 0.6) is 0 Å². The van der Waals surface area contributed by atoms with E-state index in [0.717, 1.165) is 57.8 Å². The fraction of sp³-hybridized carbons (Fsp3) is 0.721. The number of aliphatic hydroxyl groups is 4. The number of carbonyl (C=O) groups is 2. The zero-order valence-electron chi connectivity index (χ0n) is 32.7. The minimum absolute atomic E-state index is 0.196. The van der Waals surface area contributed by atoms with Gasteiger partial charge in [-0.1, -0.05) is 139 Å². The molecular formula is C43H72O10. The highest BCUT2D eigenvalue weighted by molar-refractivity contribution is 5.70. The molecule has 0 radical (unpaired) electrons. The summed E-state index contributed by atoms with van der Waals surface area (Å²) in [5.41, 5.74) is 0. The number of unbranched alkanes of at least 4 members (excludes halogenated alkanes) is 11. The molecule has 6 unspecified atom stereocenters. The van der Waals surface area contributed by atoms with Gasteiger partial charge in [0.1, 0.15) is 31.0 Å². The lowest BCUT2D eigenvalue weighted by Gasteiger charge is -2.39. The van der Waals surface area contributed by atoms with E-state index in [1.807, 2.05) is 6.08 Å². The smallest absolute Gasteiger partial charge is 0.306 e. The van der Waals surface area contributed by atoms with Crippen LogP contribution >= 0.6 is 0 Å². The summed E-state index contributed by atoms with van der Waals surface area (Å²) in [6.07, 6.45) is 32.4. The van der Waals surface area contributed by atoms with Crippen molar-refractivity contribution in [2.75, 3.05) is 19.8 Å². The first-order valence-corrected chi connectivity index (χ1v) is 20.4. The van der Waals surface area contributed by atoms with Crippen molar-refractivity contribution in [2.24, 2.45) is 0 Å². The monoisotopic (exact) mass is 749 g/mol. The summed E-state index contributed by atoms with van der Waals surface area (Å²) in [6.45, 7) is 3.22. The molecule has 0 aromatic carbocycles. The Morgan fingerprint density at radius 3 is 1.66 bits per heavy atom. The molecule has 6 atom stereocenters. The maximum Gasteiger partial charge on any atom is 0.306 e. The number of carbonyl (C=O) groups excluding carboxylic acids is 2. The Morgan fingerprint density at radius 2 is 1.11 bits per heavy atom. The van der Waals surface area contributed by atoms with Gasteiger partial charge >= 0.3 is 11.9 Å². The molecule has 0 aliphatic carbocycles. The standard InChI is InChI=1S/C43H72O10/c1-3-5-7-9-11-13-15-16-17-18-19-20-22-23-25-27-29-31-38(45)50-34-36(35-51-43-42(49)41(48)40(47)37(33-44)53-43)52-39(46)32-30-28-26-24-21-14-12-10-8-6-4-2/h5,7,11,13,16-17,19-20,23,25,36-37,40-44,47-49H,3-4,6,8-10,12,14-15,18,21-22,24,26-35H2,1-2H3. The van der Waals surface area contributed by atoms with Gasteiger partial charge in [-0.15, -0.1) is 0 Å². The van der Waals surface area contributed by atoms with Crippen LogP contribution in [0.15, 0.2) is 60.8 Å². The van der Waals surface area contributed by atoms with E-state index in [9.17, 15) is 30.0 Å². The number of aliphatic hydroxyl groups excluding tert-OH is 4. The normalized spacial score (nSPS) is 21.5. The molecular weight excluding hydrogens is 676 g/mol. The van der Waals surface area contributed by atoms with Crippen LogP contribution in [-0.2, 0) is 28.5 Å². The average molecular weight is 749 g/mol. The Hall–Kier alpha value is -2.60. The predicted molar refractivity (Wildman–Crippen MR) is 210 cm³/mol. The fourth-order valence-corrected chi connectivity index (χ4v) is 5.69. The van der Waals surface area contributed by atoms with Gasteiger partial charge in [-0.2, -0.15) is 0 Å². The quantitative estimate of drug-likeness (QED) is 0.0304. The molecule has 1 aliphatic heterocycles. The van der Waals surface area contributed by atoms with Crippen LogP contribution < -0.4 is 0 Å². The highest BCUT2D eigenvalue weighted by Crippen LogP contribution is 2.22. The van der Waals surface area contributed by atoms with Gasteiger partial charge in [0.25, 0.3) is 0 Å². The van der Waals surface area contributed by atoms with Gasteiger partial charge in [-0.3, -0.25) is 9.59 Å². The van der Waals surface area contributed by atoms with Crippen LogP contribution in [0.2, 0.25) is 0 Å².